The number of aliphatic hydroxyl groups is 1. The van der Waals surface area contributed by atoms with Crippen LogP contribution in [0.1, 0.15) is 46.0 Å². The Balaban J connectivity index is 2.70. The van der Waals surface area contributed by atoms with Gasteiger partial charge in [-0.2, -0.15) is 0 Å². The van der Waals surface area contributed by atoms with E-state index in [1.54, 1.807) is 0 Å². The third-order valence-corrected chi connectivity index (χ3v) is 3.88. The molecule has 0 aromatic heterocycles. The lowest BCUT2D eigenvalue weighted by molar-refractivity contribution is -0.0676. The van der Waals surface area contributed by atoms with Gasteiger partial charge in [0.15, 0.2) is 0 Å². The number of hydrogen-bond acceptors (Lipinski definition) is 3. The van der Waals surface area contributed by atoms with Crippen molar-refractivity contribution in [2.24, 2.45) is 11.1 Å². The SMILES string of the molecule is CCC1CC(CCO)(C(N)CC)CCO1. The summed E-state index contributed by atoms with van der Waals surface area (Å²) in [5.74, 6) is 0. The highest BCUT2D eigenvalue weighted by Gasteiger charge is 2.40. The Morgan fingerprint density at radius 2 is 2.27 bits per heavy atom. The molecule has 3 heteroatoms. The monoisotopic (exact) mass is 215 g/mol. The zero-order chi connectivity index (χ0) is 11.3. The van der Waals surface area contributed by atoms with Gasteiger partial charge in [0.05, 0.1) is 6.10 Å². The van der Waals surface area contributed by atoms with Gasteiger partial charge in [0.1, 0.15) is 0 Å². The maximum Gasteiger partial charge on any atom is 0.0578 e. The lowest BCUT2D eigenvalue weighted by Gasteiger charge is -2.44. The van der Waals surface area contributed by atoms with Crippen LogP contribution in [0.4, 0.5) is 0 Å². The van der Waals surface area contributed by atoms with Crippen LogP contribution in [0.5, 0.6) is 0 Å². The molecule has 1 fully saturated rings. The standard InChI is InChI=1S/C12H25NO2/c1-3-10-9-12(5-7-14,6-8-15-10)11(13)4-2/h10-11,14H,3-9,13H2,1-2H3. The number of hydrogen-bond donors (Lipinski definition) is 2. The van der Waals surface area contributed by atoms with Crippen LogP contribution < -0.4 is 5.73 Å². The quantitative estimate of drug-likeness (QED) is 0.733. The Morgan fingerprint density at radius 1 is 1.53 bits per heavy atom. The van der Waals surface area contributed by atoms with E-state index in [1.807, 2.05) is 0 Å². The average Bonchev–Trinajstić information content (AvgIpc) is 2.28. The Labute approximate surface area is 93.0 Å². The summed E-state index contributed by atoms with van der Waals surface area (Å²) in [6.07, 6.45) is 5.20. The summed E-state index contributed by atoms with van der Waals surface area (Å²) in [7, 11) is 0. The average molecular weight is 215 g/mol. The van der Waals surface area contributed by atoms with E-state index >= 15 is 0 Å². The smallest absolute Gasteiger partial charge is 0.0578 e. The molecule has 3 unspecified atom stereocenters. The lowest BCUT2D eigenvalue weighted by atomic mass is 9.69. The van der Waals surface area contributed by atoms with Gasteiger partial charge >= 0.3 is 0 Å². The Morgan fingerprint density at radius 3 is 2.80 bits per heavy atom. The number of ether oxygens (including phenoxy) is 1. The fourth-order valence-corrected chi connectivity index (χ4v) is 2.71. The second kappa shape index (κ2) is 5.83. The first-order valence-electron chi connectivity index (χ1n) is 6.16. The molecule has 1 saturated heterocycles. The van der Waals surface area contributed by atoms with Gasteiger partial charge in [-0.3, -0.25) is 0 Å². The van der Waals surface area contributed by atoms with Crippen molar-refractivity contribution in [3.8, 4) is 0 Å². The van der Waals surface area contributed by atoms with Gasteiger partial charge in [0, 0.05) is 19.3 Å². The van der Waals surface area contributed by atoms with Crippen LogP contribution in [0.2, 0.25) is 0 Å². The molecule has 0 aromatic rings. The molecule has 0 saturated carbocycles. The number of rotatable bonds is 5. The van der Waals surface area contributed by atoms with E-state index < -0.39 is 0 Å². The van der Waals surface area contributed by atoms with Crippen LogP contribution in [-0.4, -0.2) is 30.5 Å². The first-order valence-corrected chi connectivity index (χ1v) is 6.16. The van der Waals surface area contributed by atoms with E-state index in [0.717, 1.165) is 38.7 Å². The van der Waals surface area contributed by atoms with Crippen molar-refractivity contribution in [2.75, 3.05) is 13.2 Å². The molecular formula is C12H25NO2. The van der Waals surface area contributed by atoms with Gasteiger partial charge in [-0.1, -0.05) is 13.8 Å². The molecule has 0 radical (unpaired) electrons. The van der Waals surface area contributed by atoms with Crippen molar-refractivity contribution in [3.63, 3.8) is 0 Å². The van der Waals surface area contributed by atoms with Crippen molar-refractivity contribution in [3.05, 3.63) is 0 Å². The van der Waals surface area contributed by atoms with E-state index in [0.29, 0.717) is 6.10 Å². The van der Waals surface area contributed by atoms with Gasteiger partial charge in [-0.15, -0.1) is 0 Å². The minimum absolute atomic E-state index is 0.114. The molecule has 0 bridgehead atoms. The first kappa shape index (κ1) is 12.9. The molecule has 3 atom stereocenters. The number of aliphatic hydroxyl groups excluding tert-OH is 1. The fraction of sp³-hybridized carbons (Fsp3) is 1.00. The molecule has 0 aromatic carbocycles. The summed E-state index contributed by atoms with van der Waals surface area (Å²) >= 11 is 0. The molecule has 1 rings (SSSR count). The third kappa shape index (κ3) is 2.92. The normalized spacial score (nSPS) is 34.0. The Hall–Kier alpha value is -0.120. The van der Waals surface area contributed by atoms with Crippen molar-refractivity contribution in [2.45, 2.75) is 58.1 Å². The van der Waals surface area contributed by atoms with E-state index in [9.17, 15) is 5.11 Å². The highest BCUT2D eigenvalue weighted by Crippen LogP contribution is 2.40. The van der Waals surface area contributed by atoms with E-state index in [-0.39, 0.29) is 18.1 Å². The predicted octanol–water partition coefficient (Wildman–Crippen LogP) is 1.68. The van der Waals surface area contributed by atoms with E-state index in [4.69, 9.17) is 10.5 Å². The van der Waals surface area contributed by atoms with Crippen LogP contribution >= 0.6 is 0 Å². The second-order valence-electron chi connectivity index (χ2n) is 4.71. The van der Waals surface area contributed by atoms with Gasteiger partial charge in [0.2, 0.25) is 0 Å². The largest absolute Gasteiger partial charge is 0.396 e. The molecule has 1 heterocycles. The second-order valence-corrected chi connectivity index (χ2v) is 4.71. The van der Waals surface area contributed by atoms with Crippen LogP contribution in [0.15, 0.2) is 0 Å². The van der Waals surface area contributed by atoms with Crippen LogP contribution in [0.25, 0.3) is 0 Å². The maximum atomic E-state index is 9.19. The Bertz CT molecular complexity index is 182. The van der Waals surface area contributed by atoms with Crippen molar-refractivity contribution in [1.82, 2.24) is 0 Å². The summed E-state index contributed by atoms with van der Waals surface area (Å²) in [5, 5.41) is 9.19. The predicted molar refractivity (Wildman–Crippen MR) is 61.7 cm³/mol. The summed E-state index contributed by atoms with van der Waals surface area (Å²) in [5.41, 5.74) is 6.33. The molecule has 3 N–H and O–H groups in total. The van der Waals surface area contributed by atoms with Crippen molar-refractivity contribution in [1.29, 1.82) is 0 Å². The fourth-order valence-electron chi connectivity index (χ4n) is 2.71. The Kier molecular flexibility index (Phi) is 5.03. The van der Waals surface area contributed by atoms with Gasteiger partial charge in [-0.25, -0.2) is 0 Å². The van der Waals surface area contributed by atoms with Crippen LogP contribution in [0, 0.1) is 5.41 Å². The molecule has 90 valence electrons. The highest BCUT2D eigenvalue weighted by molar-refractivity contribution is 4.92. The van der Waals surface area contributed by atoms with Crippen LogP contribution in [0.3, 0.4) is 0 Å². The summed E-state index contributed by atoms with van der Waals surface area (Å²) in [4.78, 5) is 0. The molecule has 1 aliphatic heterocycles. The molecule has 0 aliphatic carbocycles. The molecule has 15 heavy (non-hydrogen) atoms. The maximum absolute atomic E-state index is 9.19. The molecule has 0 amide bonds. The van der Waals surface area contributed by atoms with Crippen LogP contribution in [-0.2, 0) is 4.74 Å². The first-order chi connectivity index (χ1) is 7.18. The molecule has 0 spiro atoms. The zero-order valence-corrected chi connectivity index (χ0v) is 10.0. The molecule has 1 aliphatic rings. The summed E-state index contributed by atoms with van der Waals surface area (Å²) in [6.45, 7) is 5.31. The zero-order valence-electron chi connectivity index (χ0n) is 10.0. The van der Waals surface area contributed by atoms with Gasteiger partial charge in [-0.05, 0) is 37.5 Å². The summed E-state index contributed by atoms with van der Waals surface area (Å²) < 4.78 is 5.69. The van der Waals surface area contributed by atoms with Crippen molar-refractivity contribution >= 4 is 0 Å². The van der Waals surface area contributed by atoms with E-state index in [1.165, 1.54) is 0 Å². The van der Waals surface area contributed by atoms with Gasteiger partial charge in [0.25, 0.3) is 0 Å². The minimum atomic E-state index is 0.114. The minimum Gasteiger partial charge on any atom is -0.396 e. The number of nitrogens with two attached hydrogens (primary N) is 1. The lowest BCUT2D eigenvalue weighted by Crippen LogP contribution is -2.48. The topological polar surface area (TPSA) is 55.5 Å². The highest BCUT2D eigenvalue weighted by atomic mass is 16.5. The van der Waals surface area contributed by atoms with E-state index in [2.05, 4.69) is 13.8 Å². The van der Waals surface area contributed by atoms with Gasteiger partial charge < -0.3 is 15.6 Å². The third-order valence-electron chi connectivity index (χ3n) is 3.88. The summed E-state index contributed by atoms with van der Waals surface area (Å²) in [6, 6.07) is 0.197. The molecule has 3 nitrogen and oxygen atoms in total. The van der Waals surface area contributed by atoms with Crippen molar-refractivity contribution < 1.29 is 9.84 Å². The molecular weight excluding hydrogens is 190 g/mol.